The van der Waals surface area contributed by atoms with Crippen LogP contribution in [0.1, 0.15) is 53.5 Å². The number of hydrogen-bond donors (Lipinski definition) is 0. The van der Waals surface area contributed by atoms with Crippen LogP contribution in [0.4, 0.5) is 0 Å². The first-order valence-electron chi connectivity index (χ1n) is 21.2. The van der Waals surface area contributed by atoms with Crippen molar-refractivity contribution in [3.05, 3.63) is 188 Å². The first-order valence-corrected chi connectivity index (χ1v) is 21.2. The van der Waals surface area contributed by atoms with Crippen molar-refractivity contribution in [3.63, 3.8) is 0 Å². The van der Waals surface area contributed by atoms with E-state index in [1.165, 1.54) is 49.2 Å². The minimum absolute atomic E-state index is 0.0189. The van der Waals surface area contributed by atoms with Crippen molar-refractivity contribution in [2.75, 3.05) is 0 Å². The van der Waals surface area contributed by atoms with Crippen LogP contribution in [0.2, 0.25) is 0 Å². The summed E-state index contributed by atoms with van der Waals surface area (Å²) in [6.07, 6.45) is 1.02. The van der Waals surface area contributed by atoms with E-state index >= 15 is 0 Å². The zero-order valence-corrected chi connectivity index (χ0v) is 35.3. The van der Waals surface area contributed by atoms with Crippen molar-refractivity contribution >= 4 is 43.6 Å². The molecule has 0 aliphatic heterocycles. The van der Waals surface area contributed by atoms with Gasteiger partial charge in [0.2, 0.25) is 0 Å². The molecular weight excluding hydrogens is 729 g/mol. The van der Waals surface area contributed by atoms with E-state index in [2.05, 4.69) is 233 Å². The number of hydrogen-bond acceptors (Lipinski definition) is 1. The molecule has 0 bridgehead atoms. The van der Waals surface area contributed by atoms with Crippen molar-refractivity contribution < 1.29 is 4.74 Å². The molecule has 0 spiro atoms. The van der Waals surface area contributed by atoms with Crippen LogP contribution in [0.25, 0.3) is 88.4 Å². The van der Waals surface area contributed by atoms with Crippen molar-refractivity contribution in [1.82, 2.24) is 9.13 Å². The number of para-hydroxylation sites is 4. The molecule has 60 heavy (non-hydrogen) atoms. The molecule has 2 aromatic heterocycles. The van der Waals surface area contributed by atoms with E-state index in [1.54, 1.807) is 0 Å². The Morgan fingerprint density at radius 3 is 1.20 bits per heavy atom. The maximum atomic E-state index is 6.94. The Bertz CT molecular complexity index is 2970. The molecular formula is C57H50N2O. The molecule has 0 saturated carbocycles. The fraction of sp³-hybridized carbons (Fsp3) is 0.158. The lowest BCUT2D eigenvalue weighted by atomic mass is 9.79. The fourth-order valence-corrected chi connectivity index (χ4v) is 8.95. The van der Waals surface area contributed by atoms with Gasteiger partial charge >= 0.3 is 0 Å². The largest absolute Gasteiger partial charge is 0.487 e. The van der Waals surface area contributed by atoms with Crippen molar-refractivity contribution in [1.29, 1.82) is 0 Å². The van der Waals surface area contributed by atoms with Gasteiger partial charge in [-0.1, -0.05) is 148 Å². The average molecular weight is 779 g/mol. The van der Waals surface area contributed by atoms with E-state index in [-0.39, 0.29) is 5.41 Å². The highest BCUT2D eigenvalue weighted by atomic mass is 16.5. The predicted octanol–water partition coefficient (Wildman–Crippen LogP) is 15.7. The molecule has 8 aromatic carbocycles. The molecule has 2 heterocycles. The van der Waals surface area contributed by atoms with Gasteiger partial charge < -0.3 is 13.9 Å². The zero-order valence-electron chi connectivity index (χ0n) is 35.3. The molecule has 10 rings (SSSR count). The van der Waals surface area contributed by atoms with Gasteiger partial charge in [-0.2, -0.15) is 0 Å². The van der Waals surface area contributed by atoms with Gasteiger partial charge in [0.15, 0.2) is 0 Å². The van der Waals surface area contributed by atoms with Crippen molar-refractivity contribution in [2.24, 2.45) is 0 Å². The maximum Gasteiger partial charge on any atom is 0.135 e. The van der Waals surface area contributed by atoms with Crippen LogP contribution >= 0.6 is 0 Å². The van der Waals surface area contributed by atoms with E-state index in [9.17, 15) is 0 Å². The van der Waals surface area contributed by atoms with Crippen LogP contribution in [-0.2, 0) is 5.41 Å². The Morgan fingerprint density at radius 1 is 0.400 bits per heavy atom. The number of rotatable bonds is 8. The lowest BCUT2D eigenvalue weighted by Crippen LogP contribution is -2.24. The molecule has 10 aromatic rings. The topological polar surface area (TPSA) is 19.1 Å². The number of benzene rings is 8. The third kappa shape index (κ3) is 6.46. The number of aromatic nitrogens is 2. The molecule has 0 aliphatic rings. The molecule has 0 fully saturated rings. The second-order valence-electron chi connectivity index (χ2n) is 17.8. The molecule has 3 heteroatoms. The minimum atomic E-state index is -0.392. The van der Waals surface area contributed by atoms with Crippen LogP contribution < -0.4 is 4.74 Å². The first kappa shape index (κ1) is 37.4. The molecule has 0 atom stereocenters. The Balaban J connectivity index is 1.20. The Labute approximate surface area is 353 Å². The third-order valence-electron chi connectivity index (χ3n) is 12.4. The average Bonchev–Trinajstić information content (AvgIpc) is 3.79. The molecule has 3 nitrogen and oxygen atoms in total. The highest BCUT2D eigenvalue weighted by molar-refractivity contribution is 6.10. The summed E-state index contributed by atoms with van der Waals surface area (Å²) in [5.74, 6) is 0.916. The second kappa shape index (κ2) is 14.5. The summed E-state index contributed by atoms with van der Waals surface area (Å²) in [5.41, 5.74) is 14.7. The number of fused-ring (bicyclic) bond motifs is 6. The van der Waals surface area contributed by atoms with E-state index in [0.717, 1.165) is 56.9 Å². The quantitative estimate of drug-likeness (QED) is 0.150. The predicted molar refractivity (Wildman–Crippen MR) is 255 cm³/mol. The summed E-state index contributed by atoms with van der Waals surface area (Å²) in [6, 6.07) is 66.7. The number of ether oxygens (including phenoxy) is 1. The normalized spacial score (nSPS) is 12.2. The van der Waals surface area contributed by atoms with E-state index < -0.39 is 5.60 Å². The molecule has 0 unspecified atom stereocenters. The smallest absolute Gasteiger partial charge is 0.135 e. The standard InChI is InChI=1S/C57H50N2O/c1-7-57(5,6)42-35-49(39-19-9-8-10-20-39)55(60-56(2,3)4)50(36-42)40-31-29-38(30-32-40)41-33-43(58-51-25-15-11-21-45(51)46-22-12-16-26-52(46)58)37-44(34-41)59-53-27-17-13-23-47(53)48-24-14-18-28-54(48)59/h8-37H,7H2,1-6H3. The van der Waals surface area contributed by atoms with Crippen LogP contribution in [0.15, 0.2) is 182 Å². The molecule has 0 N–H and O–H groups in total. The summed E-state index contributed by atoms with van der Waals surface area (Å²) in [4.78, 5) is 0. The summed E-state index contributed by atoms with van der Waals surface area (Å²) in [5, 5.41) is 4.99. The SMILES string of the molecule is CCC(C)(C)c1cc(-c2ccccc2)c(OC(C)(C)C)c(-c2ccc(-c3cc(-n4c5ccccc5c5ccccc54)cc(-n4c5ccccc5c5ccccc54)c3)cc2)c1. The lowest BCUT2D eigenvalue weighted by molar-refractivity contribution is 0.132. The second-order valence-corrected chi connectivity index (χ2v) is 17.8. The fourth-order valence-electron chi connectivity index (χ4n) is 8.95. The Kier molecular flexibility index (Phi) is 9.02. The summed E-state index contributed by atoms with van der Waals surface area (Å²) < 4.78 is 11.8. The number of nitrogens with zero attached hydrogens (tertiary/aromatic N) is 2. The van der Waals surface area contributed by atoms with E-state index in [0.29, 0.717) is 0 Å². The van der Waals surface area contributed by atoms with E-state index in [1.807, 2.05) is 0 Å². The van der Waals surface area contributed by atoms with Gasteiger partial charge in [-0.25, -0.2) is 0 Å². The van der Waals surface area contributed by atoms with E-state index in [4.69, 9.17) is 4.74 Å². The van der Waals surface area contributed by atoms with Crippen LogP contribution in [-0.4, -0.2) is 14.7 Å². The van der Waals surface area contributed by atoms with Crippen molar-refractivity contribution in [2.45, 2.75) is 59.0 Å². The monoisotopic (exact) mass is 778 g/mol. The van der Waals surface area contributed by atoms with Crippen LogP contribution in [0, 0.1) is 0 Å². The third-order valence-corrected chi connectivity index (χ3v) is 12.4. The lowest BCUT2D eigenvalue weighted by Gasteiger charge is -2.30. The van der Waals surface area contributed by atoms with Gasteiger partial charge in [0.25, 0.3) is 0 Å². The van der Waals surface area contributed by atoms with Gasteiger partial charge in [0, 0.05) is 44.0 Å². The zero-order chi connectivity index (χ0) is 41.2. The highest BCUT2D eigenvalue weighted by Crippen LogP contribution is 2.46. The first-order chi connectivity index (χ1) is 29.1. The summed E-state index contributed by atoms with van der Waals surface area (Å²) in [7, 11) is 0. The molecule has 0 amide bonds. The molecule has 0 saturated heterocycles. The summed E-state index contributed by atoms with van der Waals surface area (Å²) >= 11 is 0. The van der Waals surface area contributed by atoms with Gasteiger partial charge in [-0.3, -0.25) is 0 Å². The molecule has 0 aliphatic carbocycles. The van der Waals surface area contributed by atoms with Gasteiger partial charge in [0.05, 0.1) is 22.1 Å². The van der Waals surface area contributed by atoms with Gasteiger partial charge in [-0.05, 0) is 115 Å². The van der Waals surface area contributed by atoms with Crippen LogP contribution in [0.3, 0.4) is 0 Å². The Morgan fingerprint density at radius 2 is 0.783 bits per heavy atom. The van der Waals surface area contributed by atoms with Gasteiger partial charge in [-0.15, -0.1) is 0 Å². The highest BCUT2D eigenvalue weighted by Gasteiger charge is 2.26. The molecule has 294 valence electrons. The molecule has 0 radical (unpaired) electrons. The maximum absolute atomic E-state index is 6.94. The summed E-state index contributed by atoms with van der Waals surface area (Å²) in [6.45, 7) is 13.4. The van der Waals surface area contributed by atoms with Crippen molar-refractivity contribution in [3.8, 4) is 50.5 Å². The van der Waals surface area contributed by atoms with Crippen LogP contribution in [0.5, 0.6) is 5.75 Å². The Hall–Kier alpha value is -6.84. The minimum Gasteiger partial charge on any atom is -0.487 e. The van der Waals surface area contributed by atoms with Gasteiger partial charge in [0.1, 0.15) is 11.4 Å².